The van der Waals surface area contributed by atoms with Crippen LogP contribution in [-0.2, 0) is 4.79 Å². The van der Waals surface area contributed by atoms with Crippen LogP contribution in [0.2, 0.25) is 0 Å². The topological polar surface area (TPSA) is 97.1 Å². The van der Waals surface area contributed by atoms with Crippen molar-refractivity contribution in [1.29, 1.82) is 0 Å². The van der Waals surface area contributed by atoms with Crippen LogP contribution < -0.4 is 10.6 Å². The number of carbonyl (C=O) groups excluding carboxylic acids is 2. The highest BCUT2D eigenvalue weighted by Gasteiger charge is 2.26. The Morgan fingerprint density at radius 2 is 2.07 bits per heavy atom. The molecule has 0 aliphatic heterocycles. The first kappa shape index (κ1) is 19.4. The van der Waals surface area contributed by atoms with Crippen molar-refractivity contribution in [3.8, 4) is 0 Å². The van der Waals surface area contributed by atoms with E-state index in [1.165, 1.54) is 11.8 Å². The molecule has 1 atom stereocenters. The largest absolute Gasteiger partial charge is 0.360 e. The van der Waals surface area contributed by atoms with Gasteiger partial charge in [0.2, 0.25) is 5.91 Å². The molecule has 0 saturated heterocycles. The van der Waals surface area contributed by atoms with Gasteiger partial charge in [-0.25, -0.2) is 4.98 Å². The Hall–Kier alpha value is -2.87. The number of nitrogens with zero attached hydrogens (tertiary/aromatic N) is 2. The normalized spacial score (nSPS) is 14.6. The molecule has 29 heavy (non-hydrogen) atoms. The van der Waals surface area contributed by atoms with Gasteiger partial charge >= 0.3 is 0 Å². The molecule has 0 bridgehead atoms. The number of carbonyl (C=O) groups is 2. The lowest BCUT2D eigenvalue weighted by Gasteiger charge is -2.15. The molecule has 8 heteroatoms. The molecule has 7 nitrogen and oxygen atoms in total. The Kier molecular flexibility index (Phi) is 5.53. The van der Waals surface area contributed by atoms with E-state index in [1.807, 2.05) is 31.2 Å². The maximum absolute atomic E-state index is 12.7. The average molecular weight is 410 g/mol. The molecule has 1 aromatic carbocycles. The number of benzene rings is 1. The highest BCUT2D eigenvalue weighted by Crippen LogP contribution is 2.30. The fraction of sp³-hybridized carbons (Fsp3) is 0.333. The Balaban J connectivity index is 1.58. The lowest BCUT2D eigenvalue weighted by molar-refractivity contribution is -0.115. The molecular formula is C21H22N4O3S. The van der Waals surface area contributed by atoms with Crippen molar-refractivity contribution in [2.75, 3.05) is 5.32 Å². The third-order valence-electron chi connectivity index (χ3n) is 4.66. The summed E-state index contributed by atoms with van der Waals surface area (Å²) in [4.78, 5) is 30.1. The second kappa shape index (κ2) is 8.24. The number of pyridine rings is 1. The van der Waals surface area contributed by atoms with E-state index in [2.05, 4.69) is 20.8 Å². The number of hydrogen-bond acceptors (Lipinski definition) is 6. The number of aromatic nitrogens is 2. The third-order valence-corrected chi connectivity index (χ3v) is 5.94. The van der Waals surface area contributed by atoms with Crippen molar-refractivity contribution in [1.82, 2.24) is 15.5 Å². The standard InChI is InChI=1S/C21H22N4O3S/c1-3-17(21(27)24-18-10-12(2)28-25-18)29-19-11-15(20(26)22-13-8-9-13)14-6-4-5-7-16(14)23-19/h4-7,10-11,13,17H,3,8-9H2,1-2H3,(H,22,26)(H,24,25,27). The molecule has 1 saturated carbocycles. The van der Waals surface area contributed by atoms with Crippen LogP contribution in [-0.4, -0.2) is 33.2 Å². The Bertz CT molecular complexity index is 1060. The first-order valence-corrected chi connectivity index (χ1v) is 10.5. The van der Waals surface area contributed by atoms with Gasteiger partial charge in [0, 0.05) is 17.5 Å². The Labute approximate surface area is 172 Å². The van der Waals surface area contributed by atoms with Crippen LogP contribution in [0.5, 0.6) is 0 Å². The smallest absolute Gasteiger partial charge is 0.252 e. The molecule has 0 spiro atoms. The summed E-state index contributed by atoms with van der Waals surface area (Å²) in [5.41, 5.74) is 1.33. The summed E-state index contributed by atoms with van der Waals surface area (Å²) in [6, 6.07) is 11.3. The number of amides is 2. The van der Waals surface area contributed by atoms with Gasteiger partial charge in [0.05, 0.1) is 21.4 Å². The minimum atomic E-state index is -0.375. The number of hydrogen-bond donors (Lipinski definition) is 2. The zero-order valence-corrected chi connectivity index (χ0v) is 17.1. The summed E-state index contributed by atoms with van der Waals surface area (Å²) in [5.74, 6) is 0.749. The summed E-state index contributed by atoms with van der Waals surface area (Å²) in [7, 11) is 0. The monoisotopic (exact) mass is 410 g/mol. The number of para-hydroxylation sites is 1. The van der Waals surface area contributed by atoms with Gasteiger partial charge < -0.3 is 15.2 Å². The van der Waals surface area contributed by atoms with E-state index >= 15 is 0 Å². The van der Waals surface area contributed by atoms with Crippen molar-refractivity contribution in [3.05, 3.63) is 47.7 Å². The summed E-state index contributed by atoms with van der Waals surface area (Å²) in [5, 5.41) is 10.7. The predicted octanol–water partition coefficient (Wildman–Crippen LogP) is 3.93. The first-order chi connectivity index (χ1) is 14.0. The maximum atomic E-state index is 12.7. The predicted molar refractivity (Wildman–Crippen MR) is 112 cm³/mol. The van der Waals surface area contributed by atoms with Gasteiger partial charge in [-0.15, -0.1) is 0 Å². The van der Waals surface area contributed by atoms with Gasteiger partial charge in [0.15, 0.2) is 5.82 Å². The SMILES string of the molecule is CCC(Sc1cc(C(=O)NC2CC2)c2ccccc2n1)C(=O)Nc1cc(C)on1. The van der Waals surface area contributed by atoms with Crippen molar-refractivity contribution >= 4 is 40.3 Å². The highest BCUT2D eigenvalue weighted by molar-refractivity contribution is 8.00. The number of thioether (sulfide) groups is 1. The van der Waals surface area contributed by atoms with E-state index in [-0.39, 0.29) is 23.1 Å². The number of nitrogens with one attached hydrogen (secondary N) is 2. The zero-order chi connectivity index (χ0) is 20.4. The lowest BCUT2D eigenvalue weighted by atomic mass is 10.1. The molecule has 1 aliphatic carbocycles. The van der Waals surface area contributed by atoms with Gasteiger partial charge in [0.25, 0.3) is 5.91 Å². The molecule has 3 aromatic rings. The number of aryl methyl sites for hydroxylation is 1. The molecule has 2 heterocycles. The fourth-order valence-electron chi connectivity index (χ4n) is 2.99. The van der Waals surface area contributed by atoms with Crippen LogP contribution >= 0.6 is 11.8 Å². The second-order valence-electron chi connectivity index (χ2n) is 7.10. The summed E-state index contributed by atoms with van der Waals surface area (Å²) in [6.07, 6.45) is 2.65. The lowest BCUT2D eigenvalue weighted by Crippen LogP contribution is -2.26. The zero-order valence-electron chi connectivity index (χ0n) is 16.3. The van der Waals surface area contributed by atoms with Crippen LogP contribution in [0.25, 0.3) is 10.9 Å². The number of rotatable bonds is 7. The molecule has 4 rings (SSSR count). The van der Waals surface area contributed by atoms with Gasteiger partial charge in [-0.1, -0.05) is 42.0 Å². The average Bonchev–Trinajstić information content (AvgIpc) is 3.44. The highest BCUT2D eigenvalue weighted by atomic mass is 32.2. The Morgan fingerprint density at radius 1 is 1.28 bits per heavy atom. The molecule has 2 N–H and O–H groups in total. The quantitative estimate of drug-likeness (QED) is 0.573. The van der Waals surface area contributed by atoms with Gasteiger partial charge in [0.1, 0.15) is 5.76 Å². The van der Waals surface area contributed by atoms with Crippen molar-refractivity contribution < 1.29 is 14.1 Å². The van der Waals surface area contributed by atoms with Crippen molar-refractivity contribution in [2.45, 2.75) is 49.4 Å². The Morgan fingerprint density at radius 3 is 2.76 bits per heavy atom. The maximum Gasteiger partial charge on any atom is 0.252 e. The molecule has 2 aromatic heterocycles. The van der Waals surface area contributed by atoms with Crippen LogP contribution in [0.3, 0.4) is 0 Å². The molecule has 1 aliphatic rings. The molecule has 1 unspecified atom stereocenters. The van der Waals surface area contributed by atoms with Crippen molar-refractivity contribution in [3.63, 3.8) is 0 Å². The van der Waals surface area contributed by atoms with Gasteiger partial charge in [-0.2, -0.15) is 0 Å². The van der Waals surface area contributed by atoms with Crippen LogP contribution in [0.15, 0.2) is 45.9 Å². The summed E-state index contributed by atoms with van der Waals surface area (Å²) < 4.78 is 5.00. The third kappa shape index (κ3) is 4.59. The molecule has 150 valence electrons. The fourth-order valence-corrected chi connectivity index (χ4v) is 3.95. The van der Waals surface area contributed by atoms with E-state index < -0.39 is 0 Å². The van der Waals surface area contributed by atoms with E-state index in [4.69, 9.17) is 4.52 Å². The molecule has 2 amide bonds. The van der Waals surface area contributed by atoms with Gasteiger partial charge in [-0.05, 0) is 38.3 Å². The van der Waals surface area contributed by atoms with Crippen LogP contribution in [0.4, 0.5) is 5.82 Å². The minimum Gasteiger partial charge on any atom is -0.360 e. The second-order valence-corrected chi connectivity index (χ2v) is 8.32. The van der Waals surface area contributed by atoms with Gasteiger partial charge in [-0.3, -0.25) is 9.59 Å². The van der Waals surface area contributed by atoms with Crippen LogP contribution in [0, 0.1) is 6.92 Å². The minimum absolute atomic E-state index is 0.0940. The van der Waals surface area contributed by atoms with Crippen molar-refractivity contribution in [2.24, 2.45) is 0 Å². The molecular weight excluding hydrogens is 388 g/mol. The molecule has 0 radical (unpaired) electrons. The number of anilines is 1. The summed E-state index contributed by atoms with van der Waals surface area (Å²) >= 11 is 1.34. The molecule has 1 fully saturated rings. The number of fused-ring (bicyclic) bond motifs is 1. The first-order valence-electron chi connectivity index (χ1n) is 9.65. The van der Waals surface area contributed by atoms with E-state index in [0.717, 1.165) is 23.7 Å². The van der Waals surface area contributed by atoms with Crippen LogP contribution in [0.1, 0.15) is 42.3 Å². The van der Waals surface area contributed by atoms with E-state index in [0.29, 0.717) is 28.6 Å². The van der Waals surface area contributed by atoms with E-state index in [9.17, 15) is 9.59 Å². The van der Waals surface area contributed by atoms with E-state index in [1.54, 1.807) is 19.1 Å². The summed E-state index contributed by atoms with van der Waals surface area (Å²) in [6.45, 7) is 3.70.